The maximum Gasteiger partial charge on any atom is 0.207 e. The Morgan fingerprint density at radius 3 is 1.70 bits per heavy atom. The molecule has 0 radical (unpaired) electrons. The fraction of sp³-hybridized carbons (Fsp3) is 0.448. The zero-order valence-electron chi connectivity index (χ0n) is 23.5. The van der Waals surface area contributed by atoms with E-state index in [1.54, 1.807) is 48.8 Å². The highest BCUT2D eigenvalue weighted by Crippen LogP contribution is 2.29. The maximum atomic E-state index is 13.8. The smallest absolute Gasteiger partial charge is 0.207 e. The van der Waals surface area contributed by atoms with Gasteiger partial charge in [0, 0.05) is 62.1 Å². The molecule has 3 rings (SSSR count). The maximum absolute atomic E-state index is 13.8. The SMILES string of the molecule is CCOC(CN)(OCC)c1ccnc(Cl)c1.CCOC(CNCc1ccccc1F)(OCC)c1ccnc(Cl)c1. The van der Waals surface area contributed by atoms with Crippen LogP contribution in [0.3, 0.4) is 0 Å². The van der Waals surface area contributed by atoms with E-state index in [2.05, 4.69) is 15.3 Å². The number of halogens is 3. The minimum Gasteiger partial charge on any atom is -0.345 e. The number of hydrogen-bond donors (Lipinski definition) is 2. The molecule has 3 aromatic rings. The first kappa shape index (κ1) is 34.0. The van der Waals surface area contributed by atoms with Crippen molar-refractivity contribution in [3.8, 4) is 0 Å². The Kier molecular flexibility index (Phi) is 14.9. The van der Waals surface area contributed by atoms with Crippen molar-refractivity contribution in [2.24, 2.45) is 5.73 Å². The number of nitrogens with two attached hydrogens (primary N) is 1. The van der Waals surface area contributed by atoms with Crippen LogP contribution in [0.25, 0.3) is 0 Å². The lowest BCUT2D eigenvalue weighted by Gasteiger charge is -2.34. The fourth-order valence-corrected chi connectivity index (χ4v) is 4.42. The molecule has 2 heterocycles. The molecule has 220 valence electrons. The Labute approximate surface area is 246 Å². The van der Waals surface area contributed by atoms with Crippen molar-refractivity contribution < 1.29 is 23.3 Å². The van der Waals surface area contributed by atoms with Crippen molar-refractivity contribution >= 4 is 23.2 Å². The number of aromatic nitrogens is 2. The van der Waals surface area contributed by atoms with E-state index >= 15 is 0 Å². The van der Waals surface area contributed by atoms with E-state index in [0.29, 0.717) is 55.4 Å². The first-order valence-electron chi connectivity index (χ1n) is 13.2. The Balaban J connectivity index is 0.000000305. The quantitative estimate of drug-likeness (QED) is 0.167. The summed E-state index contributed by atoms with van der Waals surface area (Å²) in [5.41, 5.74) is 7.90. The minimum absolute atomic E-state index is 0.231. The third-order valence-electron chi connectivity index (χ3n) is 5.74. The van der Waals surface area contributed by atoms with Gasteiger partial charge < -0.3 is 30.0 Å². The summed E-state index contributed by atoms with van der Waals surface area (Å²) in [7, 11) is 0. The average Bonchev–Trinajstić information content (AvgIpc) is 2.94. The number of rotatable bonds is 15. The van der Waals surface area contributed by atoms with Crippen LogP contribution < -0.4 is 11.1 Å². The number of hydrogen-bond acceptors (Lipinski definition) is 8. The molecule has 0 unspecified atom stereocenters. The van der Waals surface area contributed by atoms with Gasteiger partial charge in [-0.1, -0.05) is 41.4 Å². The monoisotopic (exact) mass is 596 g/mol. The number of nitrogens with zero attached hydrogens (tertiary/aromatic N) is 2. The van der Waals surface area contributed by atoms with Gasteiger partial charge in [0.05, 0.1) is 13.1 Å². The third-order valence-corrected chi connectivity index (χ3v) is 6.16. The first-order valence-corrected chi connectivity index (χ1v) is 14.0. The lowest BCUT2D eigenvalue weighted by molar-refractivity contribution is -0.239. The van der Waals surface area contributed by atoms with E-state index in [9.17, 15) is 4.39 Å². The normalized spacial score (nSPS) is 11.7. The second-order valence-electron chi connectivity index (χ2n) is 8.37. The van der Waals surface area contributed by atoms with Crippen LogP contribution in [-0.4, -0.2) is 49.5 Å². The molecule has 3 N–H and O–H groups in total. The van der Waals surface area contributed by atoms with Crippen LogP contribution in [0, 0.1) is 5.82 Å². The summed E-state index contributed by atoms with van der Waals surface area (Å²) in [4.78, 5) is 7.92. The molecule has 2 aromatic heterocycles. The van der Waals surface area contributed by atoms with Crippen LogP contribution in [0.15, 0.2) is 60.9 Å². The highest BCUT2D eigenvalue weighted by molar-refractivity contribution is 6.29. The van der Waals surface area contributed by atoms with Gasteiger partial charge in [0.2, 0.25) is 11.6 Å². The van der Waals surface area contributed by atoms with Crippen LogP contribution in [0.5, 0.6) is 0 Å². The Morgan fingerprint density at radius 1 is 0.775 bits per heavy atom. The lowest BCUT2D eigenvalue weighted by atomic mass is 10.1. The standard InChI is InChI=1S/C18H22ClFN2O2.C11H17ClN2O2/c1-3-23-18(24-4-2,15-9-10-22-17(19)11-15)13-21-12-14-7-5-6-8-16(14)20;1-3-15-11(8-13,16-4-2)9-5-6-14-10(12)7-9/h5-11,21H,3-4,12-13H2,1-2H3;5-7H,3-4,8,13H2,1-2H3. The molecule has 0 bridgehead atoms. The second kappa shape index (κ2) is 17.6. The molecule has 0 fully saturated rings. The van der Waals surface area contributed by atoms with Gasteiger partial charge in [-0.15, -0.1) is 0 Å². The van der Waals surface area contributed by atoms with Crippen molar-refractivity contribution in [2.75, 3.05) is 39.5 Å². The molecule has 40 heavy (non-hydrogen) atoms. The van der Waals surface area contributed by atoms with Gasteiger partial charge in [0.25, 0.3) is 0 Å². The molecular weight excluding hydrogens is 558 g/mol. The highest BCUT2D eigenvalue weighted by Gasteiger charge is 2.34. The first-order chi connectivity index (χ1) is 19.3. The van der Waals surface area contributed by atoms with Gasteiger partial charge in [0.15, 0.2) is 0 Å². The molecule has 0 spiro atoms. The van der Waals surface area contributed by atoms with E-state index in [1.807, 2.05) is 33.8 Å². The van der Waals surface area contributed by atoms with Crippen molar-refractivity contribution in [3.05, 3.63) is 93.7 Å². The molecule has 0 amide bonds. The zero-order chi connectivity index (χ0) is 29.4. The largest absolute Gasteiger partial charge is 0.345 e. The molecule has 11 heteroatoms. The summed E-state index contributed by atoms with van der Waals surface area (Å²) in [5, 5.41) is 3.98. The summed E-state index contributed by atoms with van der Waals surface area (Å²) < 4.78 is 36.8. The third kappa shape index (κ3) is 9.71. The van der Waals surface area contributed by atoms with Crippen molar-refractivity contribution in [1.82, 2.24) is 15.3 Å². The Hall–Kier alpha value is -2.21. The van der Waals surface area contributed by atoms with Gasteiger partial charge in [-0.3, -0.25) is 0 Å². The van der Waals surface area contributed by atoms with E-state index in [4.69, 9.17) is 47.9 Å². The molecule has 1 aromatic carbocycles. The van der Waals surface area contributed by atoms with Crippen molar-refractivity contribution in [2.45, 2.75) is 45.8 Å². The molecular formula is C29H39Cl2FN4O4. The molecule has 0 aliphatic rings. The fourth-order valence-electron chi connectivity index (χ4n) is 4.07. The van der Waals surface area contributed by atoms with Gasteiger partial charge in [0.1, 0.15) is 16.1 Å². The number of pyridine rings is 2. The second-order valence-corrected chi connectivity index (χ2v) is 9.15. The number of ether oxygens (including phenoxy) is 4. The Bertz CT molecular complexity index is 1150. The molecule has 0 atom stereocenters. The van der Waals surface area contributed by atoms with Crippen molar-refractivity contribution in [3.63, 3.8) is 0 Å². The number of nitrogens with one attached hydrogen (secondary N) is 1. The predicted octanol–water partition coefficient (Wildman–Crippen LogP) is 5.81. The summed E-state index contributed by atoms with van der Waals surface area (Å²) in [5.74, 6) is -2.16. The van der Waals surface area contributed by atoms with E-state index in [1.165, 1.54) is 6.07 Å². The van der Waals surface area contributed by atoms with E-state index < -0.39 is 11.6 Å². The van der Waals surface area contributed by atoms with Crippen LogP contribution in [0.4, 0.5) is 4.39 Å². The molecule has 0 aliphatic heterocycles. The van der Waals surface area contributed by atoms with Crippen LogP contribution in [-0.2, 0) is 37.1 Å². The van der Waals surface area contributed by atoms with Crippen molar-refractivity contribution in [1.29, 1.82) is 0 Å². The zero-order valence-corrected chi connectivity index (χ0v) is 25.0. The van der Waals surface area contributed by atoms with E-state index in [0.717, 1.165) is 11.1 Å². The van der Waals surface area contributed by atoms with Crippen LogP contribution in [0.2, 0.25) is 10.3 Å². The van der Waals surface area contributed by atoms with Crippen LogP contribution >= 0.6 is 23.2 Å². The minimum atomic E-state index is -0.999. The van der Waals surface area contributed by atoms with Gasteiger partial charge in [-0.05, 0) is 58.0 Å². The topological polar surface area (TPSA) is 101 Å². The predicted molar refractivity (Wildman–Crippen MR) is 156 cm³/mol. The summed E-state index contributed by atoms with van der Waals surface area (Å²) in [6.07, 6.45) is 3.22. The highest BCUT2D eigenvalue weighted by atomic mass is 35.5. The summed E-state index contributed by atoms with van der Waals surface area (Å²) in [6, 6.07) is 13.7. The lowest BCUT2D eigenvalue weighted by Crippen LogP contribution is -2.43. The number of benzene rings is 1. The van der Waals surface area contributed by atoms with Gasteiger partial charge in [-0.25, -0.2) is 14.4 Å². The van der Waals surface area contributed by atoms with Crippen LogP contribution in [0.1, 0.15) is 44.4 Å². The van der Waals surface area contributed by atoms with Gasteiger partial charge >= 0.3 is 0 Å². The molecule has 0 saturated carbocycles. The average molecular weight is 598 g/mol. The summed E-state index contributed by atoms with van der Waals surface area (Å²) in [6.45, 7) is 10.5. The molecule has 0 saturated heterocycles. The Morgan fingerprint density at radius 2 is 1.25 bits per heavy atom. The molecule has 8 nitrogen and oxygen atoms in total. The van der Waals surface area contributed by atoms with E-state index in [-0.39, 0.29) is 12.4 Å². The molecule has 0 aliphatic carbocycles. The van der Waals surface area contributed by atoms with Gasteiger partial charge in [-0.2, -0.15) is 0 Å². The summed E-state index contributed by atoms with van der Waals surface area (Å²) >= 11 is 11.9.